The summed E-state index contributed by atoms with van der Waals surface area (Å²) >= 11 is 0. The smallest absolute Gasteiger partial charge is 0.432 e. The third-order valence-electron chi connectivity index (χ3n) is 6.38. The van der Waals surface area contributed by atoms with E-state index in [1.165, 1.54) is 6.42 Å². The van der Waals surface area contributed by atoms with Crippen LogP contribution < -0.4 is 9.47 Å². The van der Waals surface area contributed by atoms with E-state index in [0.717, 1.165) is 44.2 Å². The molecule has 0 atom stereocenters. The van der Waals surface area contributed by atoms with Gasteiger partial charge in [0.2, 0.25) is 0 Å². The summed E-state index contributed by atoms with van der Waals surface area (Å²) in [6, 6.07) is 2.04. The van der Waals surface area contributed by atoms with Gasteiger partial charge >= 0.3 is 12.2 Å². The van der Waals surface area contributed by atoms with Crippen molar-refractivity contribution in [2.45, 2.75) is 64.4 Å². The maximum Gasteiger partial charge on any atom is 0.432 e. The largest absolute Gasteiger partial charge is 0.453 e. The van der Waals surface area contributed by atoms with Crippen LogP contribution in [0, 0.1) is 35.1 Å². The summed E-state index contributed by atoms with van der Waals surface area (Å²) in [4.78, 5) is 0. The highest BCUT2D eigenvalue weighted by atomic mass is 19.3. The lowest BCUT2D eigenvalue weighted by Crippen LogP contribution is -2.25. The van der Waals surface area contributed by atoms with Gasteiger partial charge in [-0.3, -0.25) is 0 Å². The Kier molecular flexibility index (Phi) is 9.24. The molecule has 1 aliphatic carbocycles. The molecule has 2 aromatic rings. The van der Waals surface area contributed by atoms with Crippen molar-refractivity contribution in [1.82, 2.24) is 0 Å². The highest BCUT2D eigenvalue weighted by molar-refractivity contribution is 5.36. The SMILES string of the molecule is CCCC1CCC(CCc2cc(F)c(C(F)(F)Oc3cc(F)c(OC=C(F)F)c(F)c3)c(F)c2)CC1. The number of halogens is 8. The van der Waals surface area contributed by atoms with Gasteiger partial charge in [-0.1, -0.05) is 45.4 Å². The third kappa shape index (κ3) is 7.13. The number of aryl methyl sites for hydroxylation is 1. The summed E-state index contributed by atoms with van der Waals surface area (Å²) in [5, 5.41) is 0. The molecule has 0 unspecified atom stereocenters. The summed E-state index contributed by atoms with van der Waals surface area (Å²) in [7, 11) is 0. The molecule has 3 rings (SSSR count). The van der Waals surface area contributed by atoms with E-state index < -0.39 is 52.5 Å². The van der Waals surface area contributed by atoms with E-state index in [1.54, 1.807) is 0 Å². The molecule has 36 heavy (non-hydrogen) atoms. The number of alkyl halides is 2. The first-order valence-corrected chi connectivity index (χ1v) is 11.7. The van der Waals surface area contributed by atoms with Crippen molar-refractivity contribution in [3.63, 3.8) is 0 Å². The van der Waals surface area contributed by atoms with Crippen molar-refractivity contribution < 1.29 is 44.6 Å². The number of ether oxygens (including phenoxy) is 2. The Balaban J connectivity index is 1.69. The monoisotopic (exact) mass is 522 g/mol. The van der Waals surface area contributed by atoms with E-state index in [4.69, 9.17) is 0 Å². The number of hydrogen-bond acceptors (Lipinski definition) is 2. The average molecular weight is 522 g/mol. The van der Waals surface area contributed by atoms with E-state index in [2.05, 4.69) is 16.4 Å². The fourth-order valence-electron chi connectivity index (χ4n) is 4.65. The van der Waals surface area contributed by atoms with E-state index in [0.29, 0.717) is 24.7 Å². The van der Waals surface area contributed by atoms with Crippen LogP contribution in [0.15, 0.2) is 36.6 Å². The van der Waals surface area contributed by atoms with Crippen molar-refractivity contribution in [3.05, 3.63) is 71.0 Å². The quantitative estimate of drug-likeness (QED) is 0.229. The molecule has 0 bridgehead atoms. The van der Waals surface area contributed by atoms with E-state index >= 15 is 0 Å². The predicted molar refractivity (Wildman–Crippen MR) is 117 cm³/mol. The zero-order valence-electron chi connectivity index (χ0n) is 19.5. The van der Waals surface area contributed by atoms with Gasteiger partial charge in [0.05, 0.1) is 0 Å². The minimum atomic E-state index is -4.63. The number of rotatable bonds is 10. The first-order chi connectivity index (χ1) is 17.0. The van der Waals surface area contributed by atoms with Crippen LogP contribution in [0.2, 0.25) is 0 Å². The molecule has 0 N–H and O–H groups in total. The van der Waals surface area contributed by atoms with Gasteiger partial charge in [0, 0.05) is 12.1 Å². The second-order valence-electron chi connectivity index (χ2n) is 9.01. The summed E-state index contributed by atoms with van der Waals surface area (Å²) in [6.07, 6.45) is 0.319. The highest BCUT2D eigenvalue weighted by Crippen LogP contribution is 2.38. The van der Waals surface area contributed by atoms with Crippen molar-refractivity contribution in [3.8, 4) is 11.5 Å². The lowest BCUT2D eigenvalue weighted by molar-refractivity contribution is -0.189. The summed E-state index contributed by atoms with van der Waals surface area (Å²) in [5.41, 5.74) is -1.50. The second-order valence-corrected chi connectivity index (χ2v) is 9.01. The molecule has 0 spiro atoms. The first-order valence-electron chi connectivity index (χ1n) is 11.7. The van der Waals surface area contributed by atoms with Crippen LogP contribution >= 0.6 is 0 Å². The fraction of sp³-hybridized carbons (Fsp3) is 0.462. The zero-order valence-corrected chi connectivity index (χ0v) is 19.5. The summed E-state index contributed by atoms with van der Waals surface area (Å²) < 4.78 is 119. The van der Waals surface area contributed by atoms with Crippen molar-refractivity contribution in [1.29, 1.82) is 0 Å². The molecular formula is C26H26F8O2. The molecule has 0 radical (unpaired) electrons. The van der Waals surface area contributed by atoms with Gasteiger partial charge in [0.15, 0.2) is 23.6 Å². The van der Waals surface area contributed by atoms with E-state index in [1.807, 2.05) is 0 Å². The van der Waals surface area contributed by atoms with Gasteiger partial charge in [-0.05, 0) is 42.4 Å². The molecule has 1 saturated carbocycles. The third-order valence-corrected chi connectivity index (χ3v) is 6.38. The minimum Gasteiger partial charge on any atom is -0.453 e. The Labute approximate surface area is 203 Å². The fourth-order valence-corrected chi connectivity index (χ4v) is 4.65. The van der Waals surface area contributed by atoms with Gasteiger partial charge in [0.1, 0.15) is 22.9 Å². The molecule has 1 fully saturated rings. The Morgan fingerprint density at radius 2 is 1.39 bits per heavy atom. The predicted octanol–water partition coefficient (Wildman–Crippen LogP) is 9.03. The molecule has 10 heteroatoms. The number of hydrogen-bond donors (Lipinski definition) is 0. The minimum absolute atomic E-state index is 0.215. The summed E-state index contributed by atoms with van der Waals surface area (Å²) in [5.74, 6) is -7.72. The molecule has 0 amide bonds. The van der Waals surface area contributed by atoms with Gasteiger partial charge in [-0.2, -0.15) is 17.6 Å². The molecule has 0 aliphatic heterocycles. The Hall–Kier alpha value is -2.78. The van der Waals surface area contributed by atoms with Crippen LogP contribution in [-0.2, 0) is 12.5 Å². The van der Waals surface area contributed by atoms with Crippen molar-refractivity contribution >= 4 is 0 Å². The Bertz CT molecular complexity index is 1030. The lowest BCUT2D eigenvalue weighted by Gasteiger charge is -2.28. The molecule has 0 saturated heterocycles. The van der Waals surface area contributed by atoms with Crippen LogP contribution in [0.3, 0.4) is 0 Å². The highest BCUT2D eigenvalue weighted by Gasteiger charge is 2.41. The van der Waals surface area contributed by atoms with Crippen LogP contribution in [0.25, 0.3) is 0 Å². The molecule has 0 heterocycles. The zero-order chi connectivity index (χ0) is 26.5. The van der Waals surface area contributed by atoms with E-state index in [-0.39, 0.29) is 24.0 Å². The van der Waals surface area contributed by atoms with Crippen LogP contribution in [0.1, 0.15) is 63.0 Å². The van der Waals surface area contributed by atoms with Gasteiger partial charge in [-0.25, -0.2) is 17.6 Å². The van der Waals surface area contributed by atoms with Crippen LogP contribution in [0.4, 0.5) is 35.1 Å². The second kappa shape index (κ2) is 12.0. The molecule has 0 aromatic heterocycles. The van der Waals surface area contributed by atoms with Gasteiger partial charge in [-0.15, -0.1) is 0 Å². The van der Waals surface area contributed by atoms with Crippen molar-refractivity contribution in [2.24, 2.45) is 11.8 Å². The standard InChI is InChI=1S/C26H26F8O2/c1-2-3-15-4-6-16(7-5-15)8-9-17-10-19(27)24(20(28)11-17)26(33,34)36-18-12-21(29)25(22(30)13-18)35-14-23(31)32/h10-16H,2-9H2,1H3. The van der Waals surface area contributed by atoms with Gasteiger partial charge in [0.25, 0.3) is 0 Å². The molecule has 198 valence electrons. The van der Waals surface area contributed by atoms with E-state index in [9.17, 15) is 35.1 Å². The lowest BCUT2D eigenvalue weighted by atomic mass is 9.78. The molecule has 2 nitrogen and oxygen atoms in total. The molecule has 2 aromatic carbocycles. The number of benzene rings is 2. The Morgan fingerprint density at radius 1 is 0.861 bits per heavy atom. The Morgan fingerprint density at radius 3 is 1.89 bits per heavy atom. The maximum absolute atomic E-state index is 14.6. The molecule has 1 aliphatic rings. The van der Waals surface area contributed by atoms with Crippen LogP contribution in [-0.4, -0.2) is 0 Å². The van der Waals surface area contributed by atoms with Crippen LogP contribution in [0.5, 0.6) is 11.5 Å². The maximum atomic E-state index is 14.6. The normalized spacial score (nSPS) is 18.1. The first kappa shape index (κ1) is 27.8. The topological polar surface area (TPSA) is 18.5 Å². The van der Waals surface area contributed by atoms with Crippen molar-refractivity contribution in [2.75, 3.05) is 0 Å². The molecular weight excluding hydrogens is 496 g/mol. The average Bonchev–Trinajstić information content (AvgIpc) is 2.77. The van der Waals surface area contributed by atoms with Gasteiger partial charge < -0.3 is 9.47 Å². The summed E-state index contributed by atoms with van der Waals surface area (Å²) in [6.45, 7) is 2.15.